The lowest BCUT2D eigenvalue weighted by Gasteiger charge is -2.48. The minimum atomic E-state index is -0.0865. The molecule has 0 spiro atoms. The van der Waals surface area contributed by atoms with Crippen molar-refractivity contribution in [2.45, 2.75) is 39.3 Å². The average molecular weight is 263 g/mol. The van der Waals surface area contributed by atoms with Gasteiger partial charge < -0.3 is 9.64 Å². The molecule has 0 saturated carbocycles. The monoisotopic (exact) mass is 262 g/mol. The highest BCUT2D eigenvalue weighted by atomic mass is 35.5. The van der Waals surface area contributed by atoms with Crippen molar-refractivity contribution < 1.29 is 4.74 Å². The largest absolute Gasteiger partial charge is 0.360 e. The predicted octanol–water partition coefficient (Wildman–Crippen LogP) is 2.11. The fourth-order valence-electron chi connectivity index (χ4n) is 2.68. The van der Waals surface area contributed by atoms with E-state index in [0.29, 0.717) is 5.92 Å². The first-order chi connectivity index (χ1) is 7.41. The highest BCUT2D eigenvalue weighted by Gasteiger charge is 2.41. The van der Waals surface area contributed by atoms with E-state index in [4.69, 9.17) is 4.74 Å². The quantitative estimate of drug-likeness (QED) is 0.784. The maximum atomic E-state index is 6.13. The number of nitrogens with zero attached hydrogens (tertiary/aromatic N) is 1. The normalized spacial score (nSPS) is 35.3. The first kappa shape index (κ1) is 15.2. The van der Waals surface area contributed by atoms with E-state index in [0.717, 1.165) is 13.2 Å². The summed E-state index contributed by atoms with van der Waals surface area (Å²) in [7, 11) is 2.21. The van der Waals surface area contributed by atoms with Crippen LogP contribution in [0.5, 0.6) is 0 Å². The second kappa shape index (κ2) is 5.43. The number of rotatable bonds is 1. The van der Waals surface area contributed by atoms with Crippen LogP contribution in [0.3, 0.4) is 0 Å². The molecule has 2 aliphatic heterocycles. The minimum absolute atomic E-state index is 0. The Morgan fingerprint density at radius 3 is 2.24 bits per heavy atom. The second-order valence-electron chi connectivity index (χ2n) is 6.49. The van der Waals surface area contributed by atoms with Crippen molar-refractivity contribution in [3.8, 4) is 0 Å². The van der Waals surface area contributed by atoms with Crippen LogP contribution < -0.4 is 5.32 Å². The molecule has 1 N–H and O–H groups in total. The van der Waals surface area contributed by atoms with Crippen LogP contribution in [0.25, 0.3) is 0 Å². The Labute approximate surface area is 112 Å². The first-order valence-corrected chi connectivity index (χ1v) is 6.49. The summed E-state index contributed by atoms with van der Waals surface area (Å²) in [4.78, 5) is 2.41. The zero-order valence-electron chi connectivity index (χ0n) is 11.6. The molecule has 2 rings (SSSR count). The molecule has 102 valence electrons. The van der Waals surface area contributed by atoms with Crippen LogP contribution >= 0.6 is 12.4 Å². The predicted molar refractivity (Wildman–Crippen MR) is 73.6 cm³/mol. The number of piperidine rings is 1. The maximum Gasteiger partial charge on any atom is 0.119 e. The Bertz CT molecular complexity index is 240. The highest BCUT2D eigenvalue weighted by Crippen LogP contribution is 2.34. The Hall–Kier alpha value is 0.170. The van der Waals surface area contributed by atoms with Gasteiger partial charge in [0.2, 0.25) is 0 Å². The summed E-state index contributed by atoms with van der Waals surface area (Å²) < 4.78 is 6.13. The summed E-state index contributed by atoms with van der Waals surface area (Å²) in [5.41, 5.74) is 0.196. The number of halogens is 1. The lowest BCUT2D eigenvalue weighted by Crippen LogP contribution is -2.60. The highest BCUT2D eigenvalue weighted by molar-refractivity contribution is 5.85. The van der Waals surface area contributed by atoms with Gasteiger partial charge in [0.25, 0.3) is 0 Å². The molecule has 4 heteroatoms. The van der Waals surface area contributed by atoms with Crippen molar-refractivity contribution >= 4 is 12.4 Å². The molecule has 1 atom stereocenters. The first-order valence-electron chi connectivity index (χ1n) is 6.49. The van der Waals surface area contributed by atoms with Crippen molar-refractivity contribution in [2.24, 2.45) is 11.3 Å². The van der Waals surface area contributed by atoms with Gasteiger partial charge >= 0.3 is 0 Å². The fourth-order valence-corrected chi connectivity index (χ4v) is 2.68. The van der Waals surface area contributed by atoms with Gasteiger partial charge in [0.1, 0.15) is 5.72 Å². The Morgan fingerprint density at radius 2 is 1.76 bits per heavy atom. The molecule has 2 aliphatic rings. The molecule has 1 unspecified atom stereocenters. The van der Waals surface area contributed by atoms with Crippen LogP contribution in [-0.2, 0) is 4.74 Å². The van der Waals surface area contributed by atoms with Crippen LogP contribution in [0.1, 0.15) is 33.6 Å². The zero-order valence-corrected chi connectivity index (χ0v) is 12.4. The lowest BCUT2D eigenvalue weighted by atomic mass is 9.83. The van der Waals surface area contributed by atoms with Crippen molar-refractivity contribution in [3.05, 3.63) is 0 Å². The molecule has 2 fully saturated rings. The molecule has 0 aromatic rings. The minimum Gasteiger partial charge on any atom is -0.360 e. The molecule has 17 heavy (non-hydrogen) atoms. The second-order valence-corrected chi connectivity index (χ2v) is 6.49. The molecule has 2 heterocycles. The van der Waals surface area contributed by atoms with E-state index in [1.54, 1.807) is 0 Å². The van der Waals surface area contributed by atoms with Gasteiger partial charge in [-0.2, -0.15) is 0 Å². The zero-order chi connectivity index (χ0) is 11.8. The third-order valence-corrected chi connectivity index (χ3v) is 4.18. The number of ether oxygens (including phenoxy) is 1. The van der Waals surface area contributed by atoms with E-state index in [-0.39, 0.29) is 23.5 Å². The summed E-state index contributed by atoms with van der Waals surface area (Å²) in [5, 5.41) is 3.63. The molecule has 0 bridgehead atoms. The van der Waals surface area contributed by atoms with Crippen LogP contribution in [0.2, 0.25) is 0 Å². The van der Waals surface area contributed by atoms with Crippen LogP contribution in [0, 0.1) is 11.3 Å². The van der Waals surface area contributed by atoms with Gasteiger partial charge in [-0.25, -0.2) is 0 Å². The third-order valence-electron chi connectivity index (χ3n) is 4.18. The topological polar surface area (TPSA) is 24.5 Å². The van der Waals surface area contributed by atoms with E-state index >= 15 is 0 Å². The number of nitrogens with one attached hydrogen (secondary N) is 1. The summed E-state index contributed by atoms with van der Waals surface area (Å²) in [6.45, 7) is 11.1. The summed E-state index contributed by atoms with van der Waals surface area (Å²) in [6.07, 6.45) is 2.50. The molecular weight excluding hydrogens is 236 g/mol. The number of likely N-dealkylation sites (tertiary alicyclic amines) is 1. The Morgan fingerprint density at radius 1 is 1.18 bits per heavy atom. The van der Waals surface area contributed by atoms with Gasteiger partial charge in [-0.05, 0) is 39.9 Å². The van der Waals surface area contributed by atoms with Crippen LogP contribution in [-0.4, -0.2) is 43.9 Å². The van der Waals surface area contributed by atoms with Crippen molar-refractivity contribution in [1.29, 1.82) is 0 Å². The standard InChI is InChI=1S/C13H26N2O.ClH/c1-12(2)9-14-13(3,16-10-12)11-5-7-15(4)8-6-11;/h11,14H,5-10H2,1-4H3;1H. The van der Waals surface area contributed by atoms with E-state index in [1.807, 2.05) is 0 Å². The van der Waals surface area contributed by atoms with Crippen molar-refractivity contribution in [3.63, 3.8) is 0 Å². The molecule has 0 aromatic carbocycles. The van der Waals surface area contributed by atoms with Crippen molar-refractivity contribution in [2.75, 3.05) is 33.3 Å². The molecule has 0 amide bonds. The summed E-state index contributed by atoms with van der Waals surface area (Å²) >= 11 is 0. The molecule has 0 radical (unpaired) electrons. The smallest absolute Gasteiger partial charge is 0.119 e. The summed E-state index contributed by atoms with van der Waals surface area (Å²) in [5.74, 6) is 0.666. The van der Waals surface area contributed by atoms with E-state index in [2.05, 4.69) is 38.0 Å². The van der Waals surface area contributed by atoms with Gasteiger partial charge in [0.05, 0.1) is 6.61 Å². The van der Waals surface area contributed by atoms with Crippen LogP contribution in [0.15, 0.2) is 0 Å². The van der Waals surface area contributed by atoms with Gasteiger partial charge in [0, 0.05) is 17.9 Å². The van der Waals surface area contributed by atoms with E-state index in [9.17, 15) is 0 Å². The molecule has 0 aliphatic carbocycles. The SMILES string of the molecule is CN1CCC(C2(C)NCC(C)(C)CO2)CC1.Cl. The lowest BCUT2D eigenvalue weighted by molar-refractivity contribution is -0.164. The maximum absolute atomic E-state index is 6.13. The molecular formula is C13H27ClN2O. The van der Waals surface area contributed by atoms with Gasteiger partial charge in [-0.15, -0.1) is 12.4 Å². The number of hydrogen-bond donors (Lipinski definition) is 1. The van der Waals surface area contributed by atoms with E-state index in [1.165, 1.54) is 25.9 Å². The molecule has 2 saturated heterocycles. The number of hydrogen-bond acceptors (Lipinski definition) is 3. The third kappa shape index (κ3) is 3.57. The average Bonchev–Trinajstić information content (AvgIpc) is 2.24. The van der Waals surface area contributed by atoms with E-state index < -0.39 is 0 Å². The molecule has 0 aromatic heterocycles. The molecule has 3 nitrogen and oxygen atoms in total. The van der Waals surface area contributed by atoms with Gasteiger partial charge in [-0.1, -0.05) is 13.8 Å². The van der Waals surface area contributed by atoms with Gasteiger partial charge in [-0.3, -0.25) is 5.32 Å². The fraction of sp³-hybridized carbons (Fsp3) is 1.00. The van der Waals surface area contributed by atoms with Gasteiger partial charge in [0.15, 0.2) is 0 Å². The summed E-state index contributed by atoms with van der Waals surface area (Å²) in [6, 6.07) is 0. The van der Waals surface area contributed by atoms with Crippen LogP contribution in [0.4, 0.5) is 0 Å². The Balaban J connectivity index is 0.00000144. The Kier molecular flexibility index (Phi) is 4.87. The van der Waals surface area contributed by atoms with Crippen molar-refractivity contribution in [1.82, 2.24) is 10.2 Å².